The molecule has 13 heavy (non-hydrogen) atoms. The summed E-state index contributed by atoms with van der Waals surface area (Å²) in [5.74, 6) is -4.18. The third kappa shape index (κ3) is 1.88. The van der Waals surface area contributed by atoms with Crippen LogP contribution >= 0.6 is 0 Å². The summed E-state index contributed by atoms with van der Waals surface area (Å²) in [7, 11) is 0. The summed E-state index contributed by atoms with van der Waals surface area (Å²) in [5.41, 5.74) is -0.528. The van der Waals surface area contributed by atoms with Gasteiger partial charge in [0.2, 0.25) is 0 Å². The van der Waals surface area contributed by atoms with E-state index in [1.54, 1.807) is 0 Å². The molecule has 1 aromatic carbocycles. The highest BCUT2D eigenvalue weighted by atomic mass is 19.2. The Bertz CT molecular complexity index is 347. The highest BCUT2D eigenvalue weighted by Crippen LogP contribution is 2.15. The van der Waals surface area contributed by atoms with Crippen LogP contribution in [0.5, 0.6) is 0 Å². The van der Waals surface area contributed by atoms with Crippen LogP contribution in [0.2, 0.25) is 0 Å². The molecule has 0 saturated carbocycles. The molecule has 1 nitrogen and oxygen atoms in total. The summed E-state index contributed by atoms with van der Waals surface area (Å²) in [5, 5.41) is 0. The summed E-state index contributed by atoms with van der Waals surface area (Å²) < 4.78 is 38.0. The Morgan fingerprint density at radius 2 is 1.92 bits per heavy atom. The van der Waals surface area contributed by atoms with Crippen molar-refractivity contribution in [1.82, 2.24) is 0 Å². The third-order valence-electron chi connectivity index (χ3n) is 1.61. The topological polar surface area (TPSA) is 17.1 Å². The van der Waals surface area contributed by atoms with Gasteiger partial charge < -0.3 is 0 Å². The molecule has 1 rings (SSSR count). The van der Waals surface area contributed by atoms with E-state index in [0.29, 0.717) is 12.1 Å². The van der Waals surface area contributed by atoms with Crippen LogP contribution in [0.3, 0.4) is 0 Å². The van der Waals surface area contributed by atoms with E-state index < -0.39 is 28.8 Å². The molecule has 0 amide bonds. The van der Waals surface area contributed by atoms with Crippen molar-refractivity contribution in [2.75, 3.05) is 0 Å². The third-order valence-corrected chi connectivity index (χ3v) is 1.61. The number of ketones is 1. The van der Waals surface area contributed by atoms with Crippen molar-refractivity contribution < 1.29 is 18.0 Å². The van der Waals surface area contributed by atoms with Gasteiger partial charge in [-0.05, 0) is 6.07 Å². The molecule has 0 N–H and O–H groups in total. The van der Waals surface area contributed by atoms with E-state index in [4.69, 9.17) is 0 Å². The second-order valence-electron chi connectivity index (χ2n) is 2.53. The highest BCUT2D eigenvalue weighted by Gasteiger charge is 2.15. The molecule has 0 atom stereocenters. The van der Waals surface area contributed by atoms with Crippen molar-refractivity contribution in [2.24, 2.45) is 0 Å². The van der Waals surface area contributed by atoms with Gasteiger partial charge in [0.25, 0.3) is 0 Å². The summed E-state index contributed by atoms with van der Waals surface area (Å²) in [6, 6.07) is 1.10. The van der Waals surface area contributed by atoms with Crippen LogP contribution < -0.4 is 0 Å². The number of halogens is 3. The highest BCUT2D eigenvalue weighted by molar-refractivity contribution is 5.96. The first-order valence-electron chi connectivity index (χ1n) is 3.74. The molecule has 0 aliphatic carbocycles. The predicted molar refractivity (Wildman–Crippen MR) is 40.9 cm³/mol. The van der Waals surface area contributed by atoms with E-state index in [1.807, 2.05) is 0 Å². The molecule has 0 spiro atoms. The lowest BCUT2D eigenvalue weighted by molar-refractivity contribution is 0.0982. The zero-order chi connectivity index (χ0) is 10.0. The molecule has 70 valence electrons. The van der Waals surface area contributed by atoms with Crippen molar-refractivity contribution in [3.63, 3.8) is 0 Å². The molecule has 4 heteroatoms. The van der Waals surface area contributed by atoms with Crippen LogP contribution in [-0.4, -0.2) is 5.78 Å². The van der Waals surface area contributed by atoms with Gasteiger partial charge in [0.15, 0.2) is 17.4 Å². The number of benzene rings is 1. The van der Waals surface area contributed by atoms with E-state index in [2.05, 4.69) is 0 Å². The Morgan fingerprint density at radius 3 is 2.46 bits per heavy atom. The summed E-state index contributed by atoms with van der Waals surface area (Å²) in [6.07, 6.45) is 0.0137. The first kappa shape index (κ1) is 9.77. The van der Waals surface area contributed by atoms with Gasteiger partial charge in [-0.25, -0.2) is 13.2 Å². The molecular formula is C9H7F3O. The normalized spacial score (nSPS) is 10.2. The van der Waals surface area contributed by atoms with Gasteiger partial charge in [0.05, 0.1) is 5.56 Å². The van der Waals surface area contributed by atoms with Crippen LogP contribution in [0, 0.1) is 17.5 Å². The molecule has 1 aromatic rings. The maximum atomic E-state index is 12.9. The van der Waals surface area contributed by atoms with Gasteiger partial charge >= 0.3 is 0 Å². The minimum absolute atomic E-state index is 0.0137. The van der Waals surface area contributed by atoms with Gasteiger partial charge in [-0.15, -0.1) is 0 Å². The van der Waals surface area contributed by atoms with E-state index in [1.165, 1.54) is 6.92 Å². The Kier molecular flexibility index (Phi) is 2.70. The van der Waals surface area contributed by atoms with Crippen LogP contribution in [-0.2, 0) is 0 Å². The molecule has 0 saturated heterocycles. The van der Waals surface area contributed by atoms with Gasteiger partial charge in [-0.2, -0.15) is 0 Å². The lowest BCUT2D eigenvalue weighted by Gasteiger charge is -2.01. The maximum absolute atomic E-state index is 12.9. The smallest absolute Gasteiger partial charge is 0.169 e. The number of rotatable bonds is 2. The van der Waals surface area contributed by atoms with Gasteiger partial charge in [0, 0.05) is 12.5 Å². The molecular weight excluding hydrogens is 181 g/mol. The van der Waals surface area contributed by atoms with E-state index in [9.17, 15) is 18.0 Å². The van der Waals surface area contributed by atoms with Gasteiger partial charge in [0.1, 0.15) is 5.82 Å². The van der Waals surface area contributed by atoms with E-state index in [0.717, 1.165) is 0 Å². The zero-order valence-corrected chi connectivity index (χ0v) is 6.90. The molecule has 0 radical (unpaired) electrons. The second-order valence-corrected chi connectivity index (χ2v) is 2.53. The van der Waals surface area contributed by atoms with Crippen LogP contribution in [0.4, 0.5) is 13.2 Å². The Hall–Kier alpha value is -1.32. The van der Waals surface area contributed by atoms with Crippen molar-refractivity contribution in [1.29, 1.82) is 0 Å². The van der Waals surface area contributed by atoms with Crippen LogP contribution in [0.1, 0.15) is 23.7 Å². The summed E-state index contributed by atoms with van der Waals surface area (Å²) in [6.45, 7) is 1.49. The Labute approximate surface area is 73.2 Å². The lowest BCUT2D eigenvalue weighted by Crippen LogP contribution is -2.03. The number of Topliss-reactive ketones (excluding diaryl/α,β-unsaturated/α-hetero) is 1. The fourth-order valence-electron chi connectivity index (χ4n) is 0.949. The minimum atomic E-state index is -1.34. The van der Waals surface area contributed by atoms with Crippen molar-refractivity contribution >= 4 is 5.78 Å². The van der Waals surface area contributed by atoms with Crippen LogP contribution in [0.15, 0.2) is 12.1 Å². The largest absolute Gasteiger partial charge is 0.294 e. The minimum Gasteiger partial charge on any atom is -0.294 e. The summed E-state index contributed by atoms with van der Waals surface area (Å²) >= 11 is 0. The average molecular weight is 188 g/mol. The van der Waals surface area contributed by atoms with Gasteiger partial charge in [-0.3, -0.25) is 4.79 Å². The number of carbonyl (C=O) groups is 1. The Morgan fingerprint density at radius 1 is 1.31 bits per heavy atom. The fourth-order valence-corrected chi connectivity index (χ4v) is 0.949. The summed E-state index contributed by atoms with van der Waals surface area (Å²) in [4.78, 5) is 11.0. The predicted octanol–water partition coefficient (Wildman–Crippen LogP) is 2.70. The first-order valence-corrected chi connectivity index (χ1v) is 3.74. The van der Waals surface area contributed by atoms with Crippen molar-refractivity contribution in [3.8, 4) is 0 Å². The zero-order valence-electron chi connectivity index (χ0n) is 6.90. The molecule has 0 fully saturated rings. The Balaban J connectivity index is 3.28. The fraction of sp³-hybridized carbons (Fsp3) is 0.222. The quantitative estimate of drug-likeness (QED) is 0.515. The SMILES string of the molecule is CCC(=O)c1cc(F)cc(F)c1F. The molecule has 0 bridgehead atoms. The molecule has 0 aromatic heterocycles. The molecule has 0 aliphatic heterocycles. The van der Waals surface area contributed by atoms with Crippen molar-refractivity contribution in [2.45, 2.75) is 13.3 Å². The van der Waals surface area contributed by atoms with Crippen LogP contribution in [0.25, 0.3) is 0 Å². The lowest BCUT2D eigenvalue weighted by atomic mass is 10.1. The van der Waals surface area contributed by atoms with E-state index in [-0.39, 0.29) is 6.42 Å². The molecule has 0 heterocycles. The maximum Gasteiger partial charge on any atom is 0.169 e. The molecule has 0 aliphatic rings. The van der Waals surface area contributed by atoms with E-state index >= 15 is 0 Å². The van der Waals surface area contributed by atoms with Crippen molar-refractivity contribution in [3.05, 3.63) is 35.1 Å². The standard InChI is InChI=1S/C9H7F3O/c1-2-8(13)6-3-5(10)4-7(11)9(6)12/h3-4H,2H2,1H3. The van der Waals surface area contributed by atoms with Gasteiger partial charge in [-0.1, -0.05) is 6.92 Å². The number of hydrogen-bond donors (Lipinski definition) is 0. The average Bonchev–Trinajstić information content (AvgIpc) is 2.10. The molecule has 0 unspecified atom stereocenters. The number of hydrogen-bond acceptors (Lipinski definition) is 1. The second kappa shape index (κ2) is 3.60. The first-order chi connectivity index (χ1) is 6.06. The number of carbonyl (C=O) groups excluding carboxylic acids is 1. The monoisotopic (exact) mass is 188 g/mol.